The molecule has 4 rings (SSSR count). The molecular weight excluding hydrogens is 299 g/mol. The first-order chi connectivity index (χ1) is 10.7. The van der Waals surface area contributed by atoms with Gasteiger partial charge in [-0.2, -0.15) is 0 Å². The minimum atomic E-state index is -0.237. The number of nitrogens with zero attached hydrogens (tertiary/aromatic N) is 1. The van der Waals surface area contributed by atoms with Gasteiger partial charge >= 0.3 is 0 Å². The molecule has 114 valence electrons. The number of halogens is 1. The average molecular weight is 316 g/mol. The lowest BCUT2D eigenvalue weighted by atomic mass is 10.1. The molecule has 0 bridgehead atoms. The first-order valence-corrected chi connectivity index (χ1v) is 8.56. The van der Waals surface area contributed by atoms with Crippen LogP contribution in [0.2, 0.25) is 0 Å². The molecule has 3 nitrogen and oxygen atoms in total. The van der Waals surface area contributed by atoms with Crippen molar-refractivity contribution in [1.29, 1.82) is 0 Å². The smallest absolute Gasteiger partial charge is 0.224 e. The molecule has 2 saturated carbocycles. The molecule has 0 unspecified atom stereocenters. The third kappa shape index (κ3) is 2.90. The fourth-order valence-corrected chi connectivity index (χ4v) is 3.81. The molecule has 1 N–H and O–H groups in total. The van der Waals surface area contributed by atoms with Crippen molar-refractivity contribution in [1.82, 2.24) is 10.3 Å². The summed E-state index contributed by atoms with van der Waals surface area (Å²) >= 11 is 1.69. The molecule has 2 atom stereocenters. The van der Waals surface area contributed by atoms with Gasteiger partial charge in [-0.05, 0) is 42.9 Å². The molecule has 0 saturated heterocycles. The molecular formula is C17H17FN2OS. The molecule has 1 aromatic carbocycles. The maximum absolute atomic E-state index is 13.2. The maximum Gasteiger partial charge on any atom is 0.224 e. The summed E-state index contributed by atoms with van der Waals surface area (Å²) in [6.07, 6.45) is 3.30. The Balaban J connectivity index is 1.31. The van der Waals surface area contributed by atoms with E-state index < -0.39 is 0 Å². The highest BCUT2D eigenvalue weighted by atomic mass is 32.1. The van der Waals surface area contributed by atoms with E-state index in [1.807, 2.05) is 11.4 Å². The summed E-state index contributed by atoms with van der Waals surface area (Å²) in [4.78, 5) is 16.7. The lowest BCUT2D eigenvalue weighted by Gasteiger charge is -2.03. The van der Waals surface area contributed by atoms with E-state index in [9.17, 15) is 9.18 Å². The Morgan fingerprint density at radius 3 is 3.05 bits per heavy atom. The van der Waals surface area contributed by atoms with Gasteiger partial charge in [-0.1, -0.05) is 12.1 Å². The van der Waals surface area contributed by atoms with Crippen molar-refractivity contribution in [3.05, 3.63) is 51.7 Å². The molecule has 2 fully saturated rings. The number of rotatable bonds is 5. The van der Waals surface area contributed by atoms with Gasteiger partial charge in [0.25, 0.3) is 0 Å². The summed E-state index contributed by atoms with van der Waals surface area (Å²) in [5, 5.41) is 6.19. The Morgan fingerprint density at radius 1 is 1.41 bits per heavy atom. The fraction of sp³-hybridized carbons (Fsp3) is 0.412. The van der Waals surface area contributed by atoms with E-state index in [0.717, 1.165) is 17.7 Å². The van der Waals surface area contributed by atoms with Gasteiger partial charge in [-0.3, -0.25) is 4.79 Å². The third-order valence-electron chi connectivity index (χ3n) is 4.34. The molecule has 1 amide bonds. The molecule has 2 aliphatic rings. The normalized spacial score (nSPS) is 23.3. The van der Waals surface area contributed by atoms with Crippen LogP contribution in [-0.4, -0.2) is 10.9 Å². The van der Waals surface area contributed by atoms with Crippen LogP contribution in [0.25, 0.3) is 0 Å². The van der Waals surface area contributed by atoms with Gasteiger partial charge < -0.3 is 5.32 Å². The highest BCUT2D eigenvalue weighted by Crippen LogP contribution is 2.47. The van der Waals surface area contributed by atoms with Crippen LogP contribution in [0.15, 0.2) is 29.6 Å². The number of carbonyl (C=O) groups excluding carboxylic acids is 1. The van der Waals surface area contributed by atoms with Gasteiger partial charge in [0.1, 0.15) is 5.82 Å². The molecule has 0 radical (unpaired) electrons. The minimum Gasteiger partial charge on any atom is -0.350 e. The number of carbonyl (C=O) groups is 1. The van der Waals surface area contributed by atoms with E-state index in [-0.39, 0.29) is 23.6 Å². The standard InChI is InChI=1S/C17H17FN2OS/c18-12-3-1-2-11(6-12)14-7-15(14)16(21)19-8-13-9-22-17(20-13)10-4-5-10/h1-3,6,9-10,14-15H,4-5,7-8H2,(H,19,21)/t14-,15-/m1/s1. The molecule has 22 heavy (non-hydrogen) atoms. The maximum atomic E-state index is 13.2. The average Bonchev–Trinajstić information content (AvgIpc) is 3.43. The second-order valence-electron chi connectivity index (χ2n) is 6.17. The molecule has 0 aliphatic heterocycles. The number of amides is 1. The number of thiazole rings is 1. The van der Waals surface area contributed by atoms with Crippen LogP contribution in [0, 0.1) is 11.7 Å². The van der Waals surface area contributed by atoms with Crippen LogP contribution < -0.4 is 5.32 Å². The number of hydrogen-bond acceptors (Lipinski definition) is 3. The van der Waals surface area contributed by atoms with Crippen LogP contribution in [0.1, 0.15) is 47.4 Å². The first kappa shape index (κ1) is 13.9. The zero-order valence-electron chi connectivity index (χ0n) is 12.1. The zero-order valence-corrected chi connectivity index (χ0v) is 12.9. The third-order valence-corrected chi connectivity index (χ3v) is 5.40. The van der Waals surface area contributed by atoms with Crippen molar-refractivity contribution in [2.24, 2.45) is 5.92 Å². The van der Waals surface area contributed by atoms with Crippen molar-refractivity contribution in [2.45, 2.75) is 37.6 Å². The SMILES string of the molecule is O=C(NCc1csc(C2CC2)n1)[C@@H]1C[C@@H]1c1cccc(F)c1. The van der Waals surface area contributed by atoms with E-state index in [2.05, 4.69) is 10.3 Å². The van der Waals surface area contributed by atoms with E-state index in [1.54, 1.807) is 17.4 Å². The fourth-order valence-electron chi connectivity index (χ4n) is 2.82. The molecule has 5 heteroatoms. The number of nitrogens with one attached hydrogen (secondary N) is 1. The van der Waals surface area contributed by atoms with Gasteiger partial charge in [0.15, 0.2) is 0 Å². The number of hydrogen-bond donors (Lipinski definition) is 1. The first-order valence-electron chi connectivity index (χ1n) is 7.68. The Morgan fingerprint density at radius 2 is 2.27 bits per heavy atom. The summed E-state index contributed by atoms with van der Waals surface area (Å²) < 4.78 is 13.2. The highest BCUT2D eigenvalue weighted by Gasteiger charge is 2.43. The molecule has 2 aromatic rings. The van der Waals surface area contributed by atoms with Crippen molar-refractivity contribution in [3.63, 3.8) is 0 Å². The predicted octanol–water partition coefficient (Wildman–Crippen LogP) is 3.58. The van der Waals surface area contributed by atoms with Crippen LogP contribution in [0.3, 0.4) is 0 Å². The van der Waals surface area contributed by atoms with Crippen LogP contribution in [0.4, 0.5) is 4.39 Å². The Labute approximate surface area is 132 Å². The highest BCUT2D eigenvalue weighted by molar-refractivity contribution is 7.09. The summed E-state index contributed by atoms with van der Waals surface area (Å²) in [5.74, 6) is 0.612. The summed E-state index contributed by atoms with van der Waals surface area (Å²) in [5.41, 5.74) is 1.87. The van der Waals surface area contributed by atoms with Gasteiger partial charge in [0.2, 0.25) is 5.91 Å². The topological polar surface area (TPSA) is 42.0 Å². The minimum absolute atomic E-state index is 0.0247. The van der Waals surface area contributed by atoms with Crippen LogP contribution in [-0.2, 0) is 11.3 Å². The monoisotopic (exact) mass is 316 g/mol. The second-order valence-corrected chi connectivity index (χ2v) is 7.06. The largest absolute Gasteiger partial charge is 0.350 e. The number of benzene rings is 1. The van der Waals surface area contributed by atoms with Crippen LogP contribution in [0.5, 0.6) is 0 Å². The van der Waals surface area contributed by atoms with Crippen molar-refractivity contribution < 1.29 is 9.18 Å². The molecule has 1 aromatic heterocycles. The Bertz CT molecular complexity index is 710. The van der Waals surface area contributed by atoms with Gasteiger partial charge in [-0.25, -0.2) is 9.37 Å². The molecule has 0 spiro atoms. The number of aromatic nitrogens is 1. The van der Waals surface area contributed by atoms with E-state index in [0.29, 0.717) is 12.5 Å². The van der Waals surface area contributed by atoms with Crippen molar-refractivity contribution in [2.75, 3.05) is 0 Å². The lowest BCUT2D eigenvalue weighted by Crippen LogP contribution is -2.25. The van der Waals surface area contributed by atoms with Gasteiger partial charge in [0, 0.05) is 17.2 Å². The molecule has 2 aliphatic carbocycles. The van der Waals surface area contributed by atoms with E-state index in [1.165, 1.54) is 30.0 Å². The Hall–Kier alpha value is -1.75. The molecule has 1 heterocycles. The summed E-state index contributed by atoms with van der Waals surface area (Å²) in [7, 11) is 0. The lowest BCUT2D eigenvalue weighted by molar-refractivity contribution is -0.122. The zero-order chi connectivity index (χ0) is 15.1. The van der Waals surface area contributed by atoms with Crippen molar-refractivity contribution >= 4 is 17.2 Å². The predicted molar refractivity (Wildman–Crippen MR) is 83.2 cm³/mol. The van der Waals surface area contributed by atoms with Gasteiger partial charge in [0.05, 0.1) is 17.2 Å². The second kappa shape index (κ2) is 5.47. The summed E-state index contributed by atoms with van der Waals surface area (Å²) in [6.45, 7) is 0.494. The summed E-state index contributed by atoms with van der Waals surface area (Å²) in [6, 6.07) is 6.55. The Kier molecular flexibility index (Phi) is 3.45. The van der Waals surface area contributed by atoms with E-state index in [4.69, 9.17) is 0 Å². The van der Waals surface area contributed by atoms with E-state index >= 15 is 0 Å². The quantitative estimate of drug-likeness (QED) is 0.916. The van der Waals surface area contributed by atoms with Gasteiger partial charge in [-0.15, -0.1) is 11.3 Å². The van der Waals surface area contributed by atoms with Crippen LogP contribution >= 0.6 is 11.3 Å². The van der Waals surface area contributed by atoms with Crippen molar-refractivity contribution in [3.8, 4) is 0 Å².